The lowest BCUT2D eigenvalue weighted by molar-refractivity contribution is -0.384. The van der Waals surface area contributed by atoms with Gasteiger partial charge in [0.05, 0.1) is 10.6 Å². The fraction of sp³-hybridized carbons (Fsp3) is 0.312. The summed E-state index contributed by atoms with van der Waals surface area (Å²) in [5, 5.41) is 10.7. The Balaban J connectivity index is 1.92. The van der Waals surface area contributed by atoms with E-state index < -0.39 is 4.92 Å². The minimum atomic E-state index is -0.463. The Labute approximate surface area is 128 Å². The smallest absolute Gasteiger partial charge is 0.269 e. The van der Waals surface area contributed by atoms with Gasteiger partial charge in [0.1, 0.15) is 0 Å². The lowest BCUT2D eigenvalue weighted by atomic mass is 10.1. The molecule has 0 saturated heterocycles. The van der Waals surface area contributed by atoms with E-state index in [-0.39, 0.29) is 11.6 Å². The van der Waals surface area contributed by atoms with Crippen molar-refractivity contribution >= 4 is 17.3 Å². The number of amides is 1. The van der Waals surface area contributed by atoms with E-state index in [0.29, 0.717) is 12.1 Å². The molecule has 0 saturated carbocycles. The molecular formula is C16H17N3O3. The number of nitro benzene ring substituents is 1. The second-order valence-electron chi connectivity index (χ2n) is 5.48. The van der Waals surface area contributed by atoms with Crippen molar-refractivity contribution in [1.29, 1.82) is 0 Å². The molecule has 1 amide bonds. The zero-order valence-electron chi connectivity index (χ0n) is 12.4. The normalized spacial score (nSPS) is 14.3. The summed E-state index contributed by atoms with van der Waals surface area (Å²) in [6.07, 6.45) is 4.93. The van der Waals surface area contributed by atoms with Crippen molar-refractivity contribution in [3.63, 3.8) is 0 Å². The second kappa shape index (κ2) is 5.63. The maximum Gasteiger partial charge on any atom is 0.269 e. The van der Waals surface area contributed by atoms with Crippen LogP contribution in [0, 0.1) is 10.1 Å². The van der Waals surface area contributed by atoms with E-state index in [1.165, 1.54) is 24.3 Å². The molecule has 2 aromatic rings. The average Bonchev–Trinajstić information content (AvgIpc) is 2.75. The van der Waals surface area contributed by atoms with Gasteiger partial charge in [0, 0.05) is 43.2 Å². The number of carbonyl (C=O) groups is 1. The van der Waals surface area contributed by atoms with Crippen molar-refractivity contribution < 1.29 is 9.72 Å². The fourth-order valence-electron chi connectivity index (χ4n) is 2.87. The number of nitro groups is 1. The van der Waals surface area contributed by atoms with Gasteiger partial charge in [0.25, 0.3) is 11.6 Å². The van der Waals surface area contributed by atoms with E-state index in [2.05, 4.69) is 4.57 Å². The first-order chi connectivity index (χ1) is 10.6. The molecule has 1 aliphatic heterocycles. The minimum Gasteiger partial charge on any atom is -0.353 e. The summed E-state index contributed by atoms with van der Waals surface area (Å²) < 4.78 is 2.05. The van der Waals surface area contributed by atoms with Crippen molar-refractivity contribution in [2.45, 2.75) is 19.3 Å². The van der Waals surface area contributed by atoms with Gasteiger partial charge in [-0.05, 0) is 37.5 Å². The number of rotatable bonds is 2. The SMILES string of the molecule is Cn1ccc2c1CCCCN2C(=O)c1ccc([N+](=O)[O-])cc1. The average molecular weight is 299 g/mol. The van der Waals surface area contributed by atoms with E-state index in [0.717, 1.165) is 30.6 Å². The molecule has 0 atom stereocenters. The van der Waals surface area contributed by atoms with Crippen LogP contribution in [0.2, 0.25) is 0 Å². The van der Waals surface area contributed by atoms with E-state index >= 15 is 0 Å². The van der Waals surface area contributed by atoms with Gasteiger partial charge < -0.3 is 9.47 Å². The Kier molecular flexibility index (Phi) is 3.66. The van der Waals surface area contributed by atoms with Crippen LogP contribution in [0.3, 0.4) is 0 Å². The van der Waals surface area contributed by atoms with Crippen molar-refractivity contribution in [1.82, 2.24) is 4.57 Å². The quantitative estimate of drug-likeness (QED) is 0.632. The third kappa shape index (κ3) is 2.47. The molecule has 6 heteroatoms. The zero-order chi connectivity index (χ0) is 15.7. The Morgan fingerprint density at radius 2 is 1.91 bits per heavy atom. The van der Waals surface area contributed by atoms with Crippen LogP contribution in [-0.4, -0.2) is 21.9 Å². The van der Waals surface area contributed by atoms with Gasteiger partial charge in [0.15, 0.2) is 0 Å². The summed E-state index contributed by atoms with van der Waals surface area (Å²) in [5.74, 6) is -0.107. The third-order valence-corrected chi connectivity index (χ3v) is 4.08. The lowest BCUT2D eigenvalue weighted by Crippen LogP contribution is -2.31. The van der Waals surface area contributed by atoms with Crippen molar-refractivity contribution in [2.24, 2.45) is 7.05 Å². The number of non-ortho nitro benzene ring substituents is 1. The standard InChI is InChI=1S/C16H17N3O3/c1-17-11-9-15-14(17)4-2-3-10-18(15)16(20)12-5-7-13(8-6-12)19(21)22/h5-9,11H,2-4,10H2,1H3. The van der Waals surface area contributed by atoms with Gasteiger partial charge in [0.2, 0.25) is 0 Å². The van der Waals surface area contributed by atoms with Crippen molar-refractivity contribution in [2.75, 3.05) is 11.4 Å². The maximum atomic E-state index is 12.8. The van der Waals surface area contributed by atoms with Crippen LogP contribution in [-0.2, 0) is 13.5 Å². The van der Waals surface area contributed by atoms with Gasteiger partial charge in [-0.25, -0.2) is 0 Å². The molecule has 0 spiro atoms. The predicted octanol–water partition coefficient (Wildman–Crippen LogP) is 2.92. The van der Waals surface area contributed by atoms with Crippen LogP contribution in [0.15, 0.2) is 36.5 Å². The number of anilines is 1. The molecule has 0 unspecified atom stereocenters. The van der Waals surface area contributed by atoms with E-state index in [4.69, 9.17) is 0 Å². The number of benzene rings is 1. The summed E-state index contributed by atoms with van der Waals surface area (Å²) >= 11 is 0. The molecule has 22 heavy (non-hydrogen) atoms. The van der Waals surface area contributed by atoms with Gasteiger partial charge >= 0.3 is 0 Å². The largest absolute Gasteiger partial charge is 0.353 e. The van der Waals surface area contributed by atoms with Gasteiger partial charge in [-0.2, -0.15) is 0 Å². The number of hydrogen-bond donors (Lipinski definition) is 0. The van der Waals surface area contributed by atoms with Crippen LogP contribution >= 0.6 is 0 Å². The van der Waals surface area contributed by atoms with Crippen LogP contribution < -0.4 is 4.90 Å². The Morgan fingerprint density at radius 1 is 1.18 bits per heavy atom. The Hall–Kier alpha value is -2.63. The molecule has 0 bridgehead atoms. The Bertz CT molecular complexity index is 719. The summed E-state index contributed by atoms with van der Waals surface area (Å²) in [4.78, 5) is 24.8. The highest BCUT2D eigenvalue weighted by molar-refractivity contribution is 6.06. The van der Waals surface area contributed by atoms with E-state index in [1.807, 2.05) is 19.3 Å². The number of nitrogens with zero attached hydrogens (tertiary/aromatic N) is 3. The van der Waals surface area contributed by atoms with Crippen LogP contribution in [0.4, 0.5) is 11.4 Å². The molecule has 0 N–H and O–H groups in total. The molecule has 1 aromatic heterocycles. The van der Waals surface area contributed by atoms with Crippen molar-refractivity contribution in [3.8, 4) is 0 Å². The highest BCUT2D eigenvalue weighted by Crippen LogP contribution is 2.28. The summed E-state index contributed by atoms with van der Waals surface area (Å²) in [5.41, 5.74) is 2.58. The number of hydrogen-bond acceptors (Lipinski definition) is 3. The summed E-state index contributed by atoms with van der Waals surface area (Å²) in [6, 6.07) is 7.75. The minimum absolute atomic E-state index is 0.00665. The summed E-state index contributed by atoms with van der Waals surface area (Å²) in [6.45, 7) is 0.673. The molecule has 114 valence electrons. The number of carbonyl (C=O) groups excluding carboxylic acids is 1. The van der Waals surface area contributed by atoms with Crippen LogP contribution in [0.25, 0.3) is 0 Å². The monoisotopic (exact) mass is 299 g/mol. The zero-order valence-corrected chi connectivity index (χ0v) is 12.4. The Morgan fingerprint density at radius 3 is 2.59 bits per heavy atom. The highest BCUT2D eigenvalue weighted by Gasteiger charge is 2.24. The lowest BCUT2D eigenvalue weighted by Gasteiger charge is -2.21. The highest BCUT2D eigenvalue weighted by atomic mass is 16.6. The molecule has 2 heterocycles. The first kappa shape index (κ1) is 14.3. The van der Waals surface area contributed by atoms with Crippen LogP contribution in [0.1, 0.15) is 28.9 Å². The molecular weight excluding hydrogens is 282 g/mol. The molecule has 6 nitrogen and oxygen atoms in total. The third-order valence-electron chi connectivity index (χ3n) is 4.08. The number of aryl methyl sites for hydroxylation is 1. The number of aromatic nitrogens is 1. The first-order valence-corrected chi connectivity index (χ1v) is 7.28. The van der Waals surface area contributed by atoms with Crippen LogP contribution in [0.5, 0.6) is 0 Å². The molecule has 3 rings (SSSR count). The maximum absolute atomic E-state index is 12.8. The first-order valence-electron chi connectivity index (χ1n) is 7.28. The molecule has 0 radical (unpaired) electrons. The van der Waals surface area contributed by atoms with Crippen molar-refractivity contribution in [3.05, 3.63) is 57.9 Å². The van der Waals surface area contributed by atoms with Gasteiger partial charge in [-0.3, -0.25) is 14.9 Å². The summed E-state index contributed by atoms with van der Waals surface area (Å²) in [7, 11) is 1.98. The molecule has 0 aliphatic carbocycles. The van der Waals surface area contributed by atoms with Gasteiger partial charge in [-0.1, -0.05) is 0 Å². The predicted molar refractivity (Wildman–Crippen MR) is 83.1 cm³/mol. The molecule has 1 aromatic carbocycles. The van der Waals surface area contributed by atoms with Gasteiger partial charge in [-0.15, -0.1) is 0 Å². The van der Waals surface area contributed by atoms with E-state index in [1.54, 1.807) is 4.90 Å². The topological polar surface area (TPSA) is 68.4 Å². The number of fused-ring (bicyclic) bond motifs is 1. The molecule has 1 aliphatic rings. The molecule has 0 fully saturated rings. The second-order valence-corrected chi connectivity index (χ2v) is 5.48. The van der Waals surface area contributed by atoms with E-state index in [9.17, 15) is 14.9 Å². The fourth-order valence-corrected chi connectivity index (χ4v) is 2.87.